The molecule has 43 heavy (non-hydrogen) atoms. The molecule has 1 aromatic rings. The molecule has 2 rings (SSSR count). The SMILES string of the molecule is CC(C)C(=O)OCOP(=O)(OCOC(=O)C(C)C)OC1C(C)C1OC(C)n1ccc(=O)n(COC(=O)C(N)C(C)C)c1=O. The molecule has 1 saturated carbocycles. The minimum absolute atomic E-state index is 0.211. The van der Waals surface area contributed by atoms with E-state index >= 15 is 0 Å². The van der Waals surface area contributed by atoms with Gasteiger partial charge in [-0.05, 0) is 12.8 Å². The van der Waals surface area contributed by atoms with Crippen LogP contribution in [0.25, 0.3) is 0 Å². The van der Waals surface area contributed by atoms with E-state index in [1.54, 1.807) is 48.5 Å². The Morgan fingerprint density at radius 2 is 1.42 bits per heavy atom. The lowest BCUT2D eigenvalue weighted by atomic mass is 10.1. The second-order valence-corrected chi connectivity index (χ2v) is 12.6. The summed E-state index contributed by atoms with van der Waals surface area (Å²) in [5.41, 5.74) is 4.24. The van der Waals surface area contributed by atoms with Crippen molar-refractivity contribution in [2.24, 2.45) is 29.4 Å². The Bertz CT molecular complexity index is 1260. The van der Waals surface area contributed by atoms with E-state index in [1.165, 1.54) is 13.1 Å². The average molecular weight is 636 g/mol. The number of phosphoric acid groups is 1. The highest BCUT2D eigenvalue weighted by Gasteiger charge is 2.54. The van der Waals surface area contributed by atoms with Gasteiger partial charge in [0.15, 0.2) is 6.73 Å². The second-order valence-electron chi connectivity index (χ2n) is 10.9. The third kappa shape index (κ3) is 10.4. The van der Waals surface area contributed by atoms with Gasteiger partial charge in [-0.2, -0.15) is 0 Å². The Balaban J connectivity index is 2.10. The first-order chi connectivity index (χ1) is 20.0. The highest BCUT2D eigenvalue weighted by atomic mass is 31.2. The van der Waals surface area contributed by atoms with Gasteiger partial charge in [-0.3, -0.25) is 28.3 Å². The van der Waals surface area contributed by atoms with Gasteiger partial charge < -0.3 is 24.7 Å². The van der Waals surface area contributed by atoms with Crippen LogP contribution in [0.2, 0.25) is 0 Å². The maximum absolute atomic E-state index is 13.3. The topological polar surface area (TPSA) is 203 Å². The Morgan fingerprint density at radius 1 is 0.884 bits per heavy atom. The van der Waals surface area contributed by atoms with Gasteiger partial charge >= 0.3 is 31.4 Å². The Hall–Kier alpha value is -2.88. The molecule has 1 aromatic heterocycles. The van der Waals surface area contributed by atoms with Crippen LogP contribution in [-0.4, -0.2) is 58.9 Å². The smallest absolute Gasteiger partial charge is 0.442 e. The molecule has 0 saturated heterocycles. The molecule has 0 radical (unpaired) electrons. The van der Waals surface area contributed by atoms with Gasteiger partial charge in [0.05, 0.1) is 17.9 Å². The van der Waals surface area contributed by atoms with Crippen molar-refractivity contribution in [1.29, 1.82) is 0 Å². The summed E-state index contributed by atoms with van der Waals surface area (Å²) in [6.45, 7) is 10.9. The van der Waals surface area contributed by atoms with E-state index in [1.807, 2.05) is 0 Å². The van der Waals surface area contributed by atoms with Crippen LogP contribution in [0.15, 0.2) is 21.9 Å². The molecule has 244 valence electrons. The zero-order valence-electron chi connectivity index (χ0n) is 25.6. The summed E-state index contributed by atoms with van der Waals surface area (Å²) in [7, 11) is -4.44. The number of hydrogen-bond acceptors (Lipinski definition) is 14. The number of rotatable bonds is 17. The van der Waals surface area contributed by atoms with Crippen molar-refractivity contribution >= 4 is 25.7 Å². The van der Waals surface area contributed by atoms with Crippen molar-refractivity contribution in [3.63, 3.8) is 0 Å². The zero-order valence-corrected chi connectivity index (χ0v) is 26.5. The normalized spacial score (nSPS) is 19.8. The van der Waals surface area contributed by atoms with Crippen LogP contribution < -0.4 is 17.0 Å². The molecule has 1 fully saturated rings. The number of carbonyl (C=O) groups is 3. The van der Waals surface area contributed by atoms with Crippen molar-refractivity contribution in [2.45, 2.75) is 86.6 Å². The van der Waals surface area contributed by atoms with E-state index < -0.39 is 93.6 Å². The number of nitrogens with zero attached hydrogens (tertiary/aromatic N) is 2. The molecule has 1 aliphatic rings. The number of esters is 3. The molecule has 5 atom stereocenters. The first kappa shape index (κ1) is 36.3. The van der Waals surface area contributed by atoms with Crippen molar-refractivity contribution in [1.82, 2.24) is 9.13 Å². The molecule has 17 heteroatoms. The first-order valence-electron chi connectivity index (χ1n) is 13.8. The van der Waals surface area contributed by atoms with Gasteiger partial charge in [0.25, 0.3) is 5.56 Å². The summed E-state index contributed by atoms with van der Waals surface area (Å²) in [6.07, 6.45) is -1.29. The molecule has 0 spiro atoms. The lowest BCUT2D eigenvalue weighted by Crippen LogP contribution is -2.43. The van der Waals surface area contributed by atoms with Gasteiger partial charge in [0.1, 0.15) is 18.4 Å². The quantitative estimate of drug-likeness (QED) is 0.112. The Kier molecular flexibility index (Phi) is 13.3. The minimum Gasteiger partial charge on any atom is -0.442 e. The third-order valence-corrected chi connectivity index (χ3v) is 7.75. The number of aromatic nitrogens is 2. The first-order valence-corrected chi connectivity index (χ1v) is 15.3. The highest BCUT2D eigenvalue weighted by Crippen LogP contribution is 2.56. The van der Waals surface area contributed by atoms with Crippen molar-refractivity contribution in [3.8, 4) is 0 Å². The van der Waals surface area contributed by atoms with Crippen LogP contribution in [0, 0.1) is 23.7 Å². The van der Waals surface area contributed by atoms with Crippen LogP contribution in [0.1, 0.15) is 61.6 Å². The largest absolute Gasteiger partial charge is 0.481 e. The molecule has 1 aliphatic carbocycles. The van der Waals surface area contributed by atoms with Crippen LogP contribution in [-0.2, 0) is 58.2 Å². The lowest BCUT2D eigenvalue weighted by molar-refractivity contribution is -0.158. The summed E-state index contributed by atoms with van der Waals surface area (Å²) >= 11 is 0. The van der Waals surface area contributed by atoms with Crippen molar-refractivity contribution < 1.29 is 51.5 Å². The van der Waals surface area contributed by atoms with E-state index in [2.05, 4.69) is 0 Å². The van der Waals surface area contributed by atoms with E-state index in [-0.39, 0.29) is 11.8 Å². The molecule has 0 aromatic carbocycles. The maximum Gasteiger partial charge on any atom is 0.481 e. The Labute approximate surface area is 249 Å². The Morgan fingerprint density at radius 3 is 1.91 bits per heavy atom. The van der Waals surface area contributed by atoms with Gasteiger partial charge in [0, 0.05) is 18.2 Å². The van der Waals surface area contributed by atoms with E-state index in [9.17, 15) is 28.5 Å². The average Bonchev–Trinajstić information content (AvgIpc) is 3.52. The maximum atomic E-state index is 13.3. The van der Waals surface area contributed by atoms with E-state index in [0.29, 0.717) is 4.57 Å². The summed E-state index contributed by atoms with van der Waals surface area (Å²) in [5.74, 6) is -3.51. The van der Waals surface area contributed by atoms with Crippen molar-refractivity contribution in [3.05, 3.63) is 33.1 Å². The minimum atomic E-state index is -4.44. The van der Waals surface area contributed by atoms with Gasteiger partial charge in [-0.1, -0.05) is 48.5 Å². The van der Waals surface area contributed by atoms with Crippen LogP contribution in [0.5, 0.6) is 0 Å². The van der Waals surface area contributed by atoms with Crippen LogP contribution in [0.4, 0.5) is 0 Å². The van der Waals surface area contributed by atoms with Crippen LogP contribution >= 0.6 is 7.82 Å². The van der Waals surface area contributed by atoms with Crippen molar-refractivity contribution in [2.75, 3.05) is 13.6 Å². The number of ether oxygens (including phenoxy) is 4. The zero-order chi connectivity index (χ0) is 32.6. The number of carbonyl (C=O) groups excluding carboxylic acids is 3. The molecule has 16 nitrogen and oxygen atoms in total. The molecular weight excluding hydrogens is 593 g/mol. The summed E-state index contributed by atoms with van der Waals surface area (Å²) < 4.78 is 51.7. The molecule has 0 aliphatic heterocycles. The standard InChI is InChI=1S/C26H42N3O13P/c1-14(2)20(27)25(33)36-11-29-19(30)9-10-28(26(29)34)18(8)41-21-17(7)22(21)42-43(35,39-12-37-23(31)15(3)4)40-13-38-24(32)16(5)6/h9-10,14-18,20-22H,11-13,27H2,1-8H3. The molecule has 0 amide bonds. The van der Waals surface area contributed by atoms with Gasteiger partial charge in [-0.25, -0.2) is 23.0 Å². The molecule has 5 unspecified atom stereocenters. The number of nitrogens with two attached hydrogens (primary N) is 1. The van der Waals surface area contributed by atoms with E-state index in [0.717, 1.165) is 10.6 Å². The fourth-order valence-electron chi connectivity index (χ4n) is 3.34. The summed E-state index contributed by atoms with van der Waals surface area (Å²) in [5, 5.41) is 0. The molecule has 2 N–H and O–H groups in total. The predicted molar refractivity (Wildman–Crippen MR) is 149 cm³/mol. The monoisotopic (exact) mass is 635 g/mol. The van der Waals surface area contributed by atoms with Gasteiger partial charge in [-0.15, -0.1) is 0 Å². The fourth-order valence-corrected chi connectivity index (χ4v) is 4.51. The second kappa shape index (κ2) is 15.7. The number of phosphoric ester groups is 1. The fraction of sp³-hybridized carbons (Fsp3) is 0.731. The predicted octanol–water partition coefficient (Wildman–Crippen LogP) is 1.89. The van der Waals surface area contributed by atoms with E-state index in [4.69, 9.17) is 38.3 Å². The highest BCUT2D eigenvalue weighted by molar-refractivity contribution is 7.48. The van der Waals surface area contributed by atoms with Gasteiger partial charge in [0.2, 0.25) is 13.6 Å². The molecule has 0 bridgehead atoms. The number of hydrogen-bond donors (Lipinski definition) is 1. The molecule has 1 heterocycles. The summed E-state index contributed by atoms with van der Waals surface area (Å²) in [6, 6.07) is 0.180. The summed E-state index contributed by atoms with van der Waals surface area (Å²) in [4.78, 5) is 60.9. The lowest BCUT2D eigenvalue weighted by Gasteiger charge is -2.20. The van der Waals surface area contributed by atoms with Crippen LogP contribution in [0.3, 0.4) is 0 Å². The third-order valence-electron chi connectivity index (χ3n) is 6.40. The molecular formula is C26H42N3O13P.